The molecule has 1 nitrogen and oxygen atoms in total. The molecule has 1 N–H and O–H groups in total. The van der Waals surface area contributed by atoms with Crippen LogP contribution in [-0.2, 0) is 0 Å². The number of nitrogens with one attached hydrogen (secondary N) is 1. The lowest BCUT2D eigenvalue weighted by Crippen LogP contribution is -2.29. The molecule has 3 unspecified atom stereocenters. The Kier molecular flexibility index (Phi) is 2.92. The maximum absolute atomic E-state index is 3.53. The summed E-state index contributed by atoms with van der Waals surface area (Å²) in [5.74, 6) is 3.30. The molecule has 76 valence electrons. The molecular weight excluding hydrogens is 158 g/mol. The van der Waals surface area contributed by atoms with E-state index in [4.69, 9.17) is 0 Å². The largest absolute Gasteiger partial charge is 0.317 e. The van der Waals surface area contributed by atoms with Gasteiger partial charge < -0.3 is 5.32 Å². The molecule has 0 bridgehead atoms. The molecule has 3 atom stereocenters. The molecule has 0 aromatic carbocycles. The highest BCUT2D eigenvalue weighted by Crippen LogP contribution is 2.59. The minimum absolute atomic E-state index is 0.843. The first kappa shape index (κ1) is 9.51. The van der Waals surface area contributed by atoms with E-state index >= 15 is 0 Å². The van der Waals surface area contributed by atoms with E-state index in [1.165, 1.54) is 38.5 Å². The highest BCUT2D eigenvalue weighted by Gasteiger charge is 2.54. The van der Waals surface area contributed by atoms with Gasteiger partial charge in [-0.3, -0.25) is 0 Å². The Labute approximate surface area is 82.3 Å². The van der Waals surface area contributed by atoms with Gasteiger partial charge in [-0.25, -0.2) is 0 Å². The normalized spacial score (nSPS) is 38.8. The fourth-order valence-corrected chi connectivity index (χ4v) is 3.43. The first-order valence-corrected chi connectivity index (χ1v) is 6.05. The predicted molar refractivity (Wildman–Crippen MR) is 56.7 cm³/mol. The Morgan fingerprint density at radius 1 is 1.31 bits per heavy atom. The summed E-state index contributed by atoms with van der Waals surface area (Å²) < 4.78 is 0. The standard InChI is InChI=1S/C12H23N/c1-3-4-8-11(13-2)12-9-6-5-7-10(9)12/h9-13H,3-8H2,1-2H3. The molecule has 0 spiro atoms. The van der Waals surface area contributed by atoms with E-state index in [9.17, 15) is 0 Å². The number of hydrogen-bond acceptors (Lipinski definition) is 1. The van der Waals surface area contributed by atoms with Gasteiger partial charge in [0.15, 0.2) is 0 Å². The number of rotatable bonds is 5. The lowest BCUT2D eigenvalue weighted by molar-refractivity contribution is 0.398. The van der Waals surface area contributed by atoms with E-state index < -0.39 is 0 Å². The van der Waals surface area contributed by atoms with Crippen LogP contribution in [0.3, 0.4) is 0 Å². The molecule has 0 aromatic heterocycles. The van der Waals surface area contributed by atoms with Crippen LogP contribution in [0.2, 0.25) is 0 Å². The Balaban J connectivity index is 1.78. The van der Waals surface area contributed by atoms with Crippen LogP contribution in [0.15, 0.2) is 0 Å². The topological polar surface area (TPSA) is 12.0 Å². The zero-order valence-electron chi connectivity index (χ0n) is 9.05. The first-order chi connectivity index (χ1) is 6.38. The van der Waals surface area contributed by atoms with Crippen molar-refractivity contribution in [3.63, 3.8) is 0 Å². The van der Waals surface area contributed by atoms with E-state index in [1.807, 2.05) is 0 Å². The molecule has 2 saturated carbocycles. The minimum atomic E-state index is 0.843. The molecule has 1 heteroatoms. The third-order valence-corrected chi connectivity index (χ3v) is 4.18. The van der Waals surface area contributed by atoms with Crippen molar-refractivity contribution in [2.45, 2.75) is 51.5 Å². The third kappa shape index (κ3) is 1.76. The lowest BCUT2D eigenvalue weighted by Gasteiger charge is -2.17. The summed E-state index contributed by atoms with van der Waals surface area (Å²) >= 11 is 0. The number of hydrogen-bond donors (Lipinski definition) is 1. The molecule has 2 fully saturated rings. The maximum Gasteiger partial charge on any atom is 0.00978 e. The van der Waals surface area contributed by atoms with E-state index in [-0.39, 0.29) is 0 Å². The van der Waals surface area contributed by atoms with Crippen molar-refractivity contribution in [2.75, 3.05) is 7.05 Å². The van der Waals surface area contributed by atoms with Crippen LogP contribution < -0.4 is 5.32 Å². The van der Waals surface area contributed by atoms with Crippen molar-refractivity contribution in [3.05, 3.63) is 0 Å². The molecular formula is C12H23N. The second-order valence-corrected chi connectivity index (χ2v) is 4.87. The van der Waals surface area contributed by atoms with Gasteiger partial charge in [0.1, 0.15) is 0 Å². The summed E-state index contributed by atoms with van der Waals surface area (Å²) in [6.07, 6.45) is 8.72. The fraction of sp³-hybridized carbons (Fsp3) is 1.00. The van der Waals surface area contributed by atoms with Crippen LogP contribution in [0.1, 0.15) is 45.4 Å². The molecule has 0 aromatic rings. The van der Waals surface area contributed by atoms with Gasteiger partial charge in [0.2, 0.25) is 0 Å². The van der Waals surface area contributed by atoms with Crippen LogP contribution >= 0.6 is 0 Å². The summed E-state index contributed by atoms with van der Waals surface area (Å²) in [7, 11) is 2.15. The Bertz CT molecular complexity index is 157. The average Bonchev–Trinajstić information content (AvgIpc) is 2.62. The van der Waals surface area contributed by atoms with E-state index in [0.717, 1.165) is 23.8 Å². The first-order valence-electron chi connectivity index (χ1n) is 6.05. The van der Waals surface area contributed by atoms with Crippen molar-refractivity contribution in [1.29, 1.82) is 0 Å². The summed E-state index contributed by atoms with van der Waals surface area (Å²) in [5, 5.41) is 3.53. The smallest absolute Gasteiger partial charge is 0.00978 e. The molecule has 13 heavy (non-hydrogen) atoms. The number of unbranched alkanes of at least 4 members (excludes halogenated alkanes) is 1. The SMILES string of the molecule is CCCCC(NC)C1C2CCCC21. The monoisotopic (exact) mass is 181 g/mol. The maximum atomic E-state index is 3.53. The van der Waals surface area contributed by atoms with Crippen LogP contribution in [0.25, 0.3) is 0 Å². The van der Waals surface area contributed by atoms with Gasteiger partial charge in [0, 0.05) is 6.04 Å². The summed E-state index contributed by atoms with van der Waals surface area (Å²) in [6, 6.07) is 0.843. The Hall–Kier alpha value is -0.0400. The van der Waals surface area contributed by atoms with Crippen molar-refractivity contribution in [3.8, 4) is 0 Å². The van der Waals surface area contributed by atoms with Crippen molar-refractivity contribution < 1.29 is 0 Å². The van der Waals surface area contributed by atoms with Crippen molar-refractivity contribution >= 4 is 0 Å². The van der Waals surface area contributed by atoms with Gasteiger partial charge in [0.05, 0.1) is 0 Å². The predicted octanol–water partition coefficient (Wildman–Crippen LogP) is 2.81. The summed E-state index contributed by atoms with van der Waals surface area (Å²) in [4.78, 5) is 0. The Morgan fingerprint density at radius 3 is 2.54 bits per heavy atom. The highest BCUT2D eigenvalue weighted by molar-refractivity contribution is 5.05. The molecule has 0 aliphatic heterocycles. The summed E-state index contributed by atoms with van der Waals surface area (Å²) in [5.41, 5.74) is 0. The van der Waals surface area contributed by atoms with Gasteiger partial charge in [0.25, 0.3) is 0 Å². The molecule has 0 radical (unpaired) electrons. The lowest BCUT2D eigenvalue weighted by atomic mass is 9.99. The van der Waals surface area contributed by atoms with Gasteiger partial charge in [-0.15, -0.1) is 0 Å². The van der Waals surface area contributed by atoms with E-state index in [1.54, 1.807) is 0 Å². The second-order valence-electron chi connectivity index (χ2n) is 4.87. The number of fused-ring (bicyclic) bond motifs is 1. The average molecular weight is 181 g/mol. The molecule has 2 rings (SSSR count). The Morgan fingerprint density at radius 2 is 2.00 bits per heavy atom. The zero-order valence-corrected chi connectivity index (χ0v) is 9.05. The van der Waals surface area contributed by atoms with Crippen LogP contribution in [0, 0.1) is 17.8 Å². The van der Waals surface area contributed by atoms with Gasteiger partial charge in [-0.1, -0.05) is 26.2 Å². The van der Waals surface area contributed by atoms with Gasteiger partial charge >= 0.3 is 0 Å². The van der Waals surface area contributed by atoms with Gasteiger partial charge in [-0.05, 0) is 44.1 Å². The zero-order chi connectivity index (χ0) is 9.26. The highest BCUT2D eigenvalue weighted by atomic mass is 14.9. The second kappa shape index (κ2) is 4.00. The van der Waals surface area contributed by atoms with E-state index in [2.05, 4.69) is 19.3 Å². The van der Waals surface area contributed by atoms with Gasteiger partial charge in [-0.2, -0.15) is 0 Å². The molecule has 0 amide bonds. The molecule has 2 aliphatic rings. The van der Waals surface area contributed by atoms with Crippen molar-refractivity contribution in [2.24, 2.45) is 17.8 Å². The fourth-order valence-electron chi connectivity index (χ4n) is 3.43. The van der Waals surface area contributed by atoms with Crippen molar-refractivity contribution in [1.82, 2.24) is 5.32 Å². The minimum Gasteiger partial charge on any atom is -0.317 e. The molecule has 0 heterocycles. The van der Waals surface area contributed by atoms with Crippen LogP contribution in [-0.4, -0.2) is 13.1 Å². The molecule has 2 aliphatic carbocycles. The summed E-state index contributed by atoms with van der Waals surface area (Å²) in [6.45, 7) is 2.29. The van der Waals surface area contributed by atoms with E-state index in [0.29, 0.717) is 0 Å². The molecule has 0 saturated heterocycles. The van der Waals surface area contributed by atoms with Crippen LogP contribution in [0.4, 0.5) is 0 Å². The quantitative estimate of drug-likeness (QED) is 0.687. The third-order valence-electron chi connectivity index (χ3n) is 4.18. The van der Waals surface area contributed by atoms with Crippen LogP contribution in [0.5, 0.6) is 0 Å².